The van der Waals surface area contributed by atoms with E-state index in [1.54, 1.807) is 12.4 Å². The molecule has 1 aromatic carbocycles. The quantitative estimate of drug-likeness (QED) is 0.940. The number of aromatic nitrogens is 2. The number of hydrogen-bond donors (Lipinski definition) is 1. The van der Waals surface area contributed by atoms with Crippen molar-refractivity contribution in [3.05, 3.63) is 59.7 Å². The number of amides is 1. The zero-order chi connectivity index (χ0) is 16.6. The van der Waals surface area contributed by atoms with E-state index in [-0.39, 0.29) is 16.7 Å². The van der Waals surface area contributed by atoms with Gasteiger partial charge < -0.3 is 5.32 Å². The Morgan fingerprint density at radius 3 is 2.54 bits per heavy atom. The lowest BCUT2D eigenvalue weighted by Gasteiger charge is -2.22. The van der Waals surface area contributed by atoms with E-state index >= 15 is 0 Å². The molecule has 4 nitrogen and oxygen atoms in total. The van der Waals surface area contributed by atoms with Crippen LogP contribution in [0.3, 0.4) is 0 Å². The molecule has 0 bridgehead atoms. The molecule has 1 atom stereocenters. The molecule has 1 amide bonds. The highest BCUT2D eigenvalue weighted by Crippen LogP contribution is 2.72. The van der Waals surface area contributed by atoms with E-state index in [4.69, 9.17) is 0 Å². The maximum absolute atomic E-state index is 13.2. The van der Waals surface area contributed by atoms with Gasteiger partial charge in [0.2, 0.25) is 5.91 Å². The average Bonchev–Trinajstić information content (AvgIpc) is 3.03. The van der Waals surface area contributed by atoms with Gasteiger partial charge in [-0.05, 0) is 37.2 Å². The minimum atomic E-state index is -0.344. The second-order valence-corrected chi connectivity index (χ2v) is 7.27. The monoisotopic (exact) mass is 321 g/mol. The second kappa shape index (κ2) is 5.69. The third kappa shape index (κ3) is 2.32. The number of carbonyl (C=O) groups is 1. The Hall–Kier alpha value is -2.23. The Morgan fingerprint density at radius 1 is 1.12 bits per heavy atom. The van der Waals surface area contributed by atoms with Crippen molar-refractivity contribution in [2.24, 2.45) is 5.41 Å². The van der Waals surface area contributed by atoms with Gasteiger partial charge in [-0.15, -0.1) is 0 Å². The van der Waals surface area contributed by atoms with Gasteiger partial charge in [0.15, 0.2) is 0 Å². The Kier molecular flexibility index (Phi) is 3.63. The molecule has 4 rings (SSSR count). The van der Waals surface area contributed by atoms with Crippen LogP contribution in [-0.2, 0) is 16.8 Å². The lowest BCUT2D eigenvalue weighted by atomic mass is 9.84. The minimum Gasteiger partial charge on any atom is -0.350 e. The Balaban J connectivity index is 1.56. The van der Waals surface area contributed by atoms with E-state index in [1.807, 2.05) is 25.1 Å². The molecule has 0 saturated heterocycles. The summed E-state index contributed by atoms with van der Waals surface area (Å²) in [6, 6.07) is 10.3. The molecule has 2 aliphatic rings. The fourth-order valence-electron chi connectivity index (χ4n) is 4.53. The van der Waals surface area contributed by atoms with Gasteiger partial charge in [-0.1, -0.05) is 43.2 Å². The van der Waals surface area contributed by atoms with Crippen LogP contribution >= 0.6 is 0 Å². The molecule has 24 heavy (non-hydrogen) atoms. The van der Waals surface area contributed by atoms with Gasteiger partial charge in [0, 0.05) is 6.20 Å². The highest BCUT2D eigenvalue weighted by atomic mass is 16.2. The van der Waals surface area contributed by atoms with Gasteiger partial charge in [0.1, 0.15) is 0 Å². The van der Waals surface area contributed by atoms with Crippen molar-refractivity contribution in [2.75, 3.05) is 0 Å². The summed E-state index contributed by atoms with van der Waals surface area (Å²) in [5.74, 6) is 0.151. The second-order valence-electron chi connectivity index (χ2n) is 7.27. The Bertz CT molecular complexity index is 735. The normalized spacial score (nSPS) is 24.0. The summed E-state index contributed by atoms with van der Waals surface area (Å²) < 4.78 is 0. The molecule has 1 N–H and O–H groups in total. The van der Waals surface area contributed by atoms with E-state index in [9.17, 15) is 4.79 Å². The molecule has 2 saturated carbocycles. The maximum Gasteiger partial charge on any atom is 0.231 e. The van der Waals surface area contributed by atoms with Gasteiger partial charge >= 0.3 is 0 Å². The van der Waals surface area contributed by atoms with Gasteiger partial charge in [-0.2, -0.15) is 0 Å². The molecule has 0 radical (unpaired) electrons. The molecule has 2 fully saturated rings. The largest absolute Gasteiger partial charge is 0.350 e. The van der Waals surface area contributed by atoms with E-state index in [0.717, 1.165) is 17.8 Å². The van der Waals surface area contributed by atoms with Gasteiger partial charge in [-0.25, -0.2) is 0 Å². The van der Waals surface area contributed by atoms with Crippen LogP contribution in [0.1, 0.15) is 49.1 Å². The standard InChI is InChI=1S/C20H23N3O/c1-15-11-22-17(12-21-15)13-23-18(24)20(16-7-3-2-4-8-16)14-19(20)9-5-6-10-19/h2-4,7-8,11-12H,5-6,9-10,13-14H2,1H3,(H,23,24)/t20-/m0/s1. The van der Waals surface area contributed by atoms with E-state index < -0.39 is 0 Å². The van der Waals surface area contributed by atoms with Crippen LogP contribution in [0, 0.1) is 12.3 Å². The van der Waals surface area contributed by atoms with Crippen LogP contribution in [0.5, 0.6) is 0 Å². The molecule has 2 aromatic rings. The summed E-state index contributed by atoms with van der Waals surface area (Å²) in [6.07, 6.45) is 9.28. The van der Waals surface area contributed by atoms with Crippen LogP contribution in [0.15, 0.2) is 42.7 Å². The summed E-state index contributed by atoms with van der Waals surface area (Å²) in [7, 11) is 0. The summed E-state index contributed by atoms with van der Waals surface area (Å²) in [5, 5.41) is 3.13. The number of hydrogen-bond acceptors (Lipinski definition) is 3. The number of rotatable bonds is 4. The van der Waals surface area contributed by atoms with Gasteiger partial charge in [-0.3, -0.25) is 14.8 Å². The zero-order valence-corrected chi connectivity index (χ0v) is 14.1. The van der Waals surface area contributed by atoms with Crippen molar-refractivity contribution in [3.8, 4) is 0 Å². The summed E-state index contributed by atoms with van der Waals surface area (Å²) in [6.45, 7) is 2.35. The SMILES string of the molecule is Cc1cnc(CNC(=O)[C@@]2(c3ccccc3)CC23CCCC3)cn1. The predicted octanol–water partition coefficient (Wildman–Crippen LogP) is 3.30. The van der Waals surface area contributed by atoms with Crippen LogP contribution < -0.4 is 5.32 Å². The molecular weight excluding hydrogens is 298 g/mol. The third-order valence-electron chi connectivity index (χ3n) is 5.86. The van der Waals surface area contributed by atoms with Crippen molar-refractivity contribution in [1.29, 1.82) is 0 Å². The molecular formula is C20H23N3O. The first-order chi connectivity index (χ1) is 11.7. The first kappa shape index (κ1) is 15.3. The first-order valence-corrected chi connectivity index (χ1v) is 8.78. The number of nitrogens with zero attached hydrogens (tertiary/aromatic N) is 2. The van der Waals surface area contributed by atoms with Gasteiger partial charge in [0.05, 0.1) is 29.5 Å². The molecule has 4 heteroatoms. The lowest BCUT2D eigenvalue weighted by Crippen LogP contribution is -2.38. The Labute approximate surface area is 142 Å². The molecule has 124 valence electrons. The van der Waals surface area contributed by atoms with Crippen LogP contribution in [0.2, 0.25) is 0 Å². The molecule has 2 aliphatic carbocycles. The number of nitrogens with one attached hydrogen (secondary N) is 1. The summed E-state index contributed by atoms with van der Waals surface area (Å²) in [5.41, 5.74) is 2.69. The van der Waals surface area contributed by atoms with Gasteiger partial charge in [0.25, 0.3) is 0 Å². The fourth-order valence-corrected chi connectivity index (χ4v) is 4.53. The maximum atomic E-state index is 13.2. The summed E-state index contributed by atoms with van der Waals surface area (Å²) >= 11 is 0. The minimum absolute atomic E-state index is 0.151. The molecule has 0 unspecified atom stereocenters. The van der Waals surface area contributed by atoms with Crippen molar-refractivity contribution in [2.45, 2.75) is 51.0 Å². The number of carbonyl (C=O) groups excluding carboxylic acids is 1. The van der Waals surface area contributed by atoms with Crippen molar-refractivity contribution < 1.29 is 4.79 Å². The van der Waals surface area contributed by atoms with Crippen molar-refractivity contribution in [3.63, 3.8) is 0 Å². The highest BCUT2D eigenvalue weighted by molar-refractivity contribution is 5.93. The zero-order valence-electron chi connectivity index (χ0n) is 14.1. The van der Waals surface area contributed by atoms with Crippen LogP contribution in [0.25, 0.3) is 0 Å². The summed E-state index contributed by atoms with van der Waals surface area (Å²) in [4.78, 5) is 21.8. The van der Waals surface area contributed by atoms with Crippen molar-refractivity contribution in [1.82, 2.24) is 15.3 Å². The number of aryl methyl sites for hydroxylation is 1. The molecule has 1 spiro atoms. The topological polar surface area (TPSA) is 54.9 Å². The third-order valence-corrected chi connectivity index (χ3v) is 5.86. The highest BCUT2D eigenvalue weighted by Gasteiger charge is 2.72. The fraction of sp³-hybridized carbons (Fsp3) is 0.450. The van der Waals surface area contributed by atoms with E-state index in [2.05, 4.69) is 27.4 Å². The average molecular weight is 321 g/mol. The van der Waals surface area contributed by atoms with Crippen LogP contribution in [0.4, 0.5) is 0 Å². The Morgan fingerprint density at radius 2 is 1.88 bits per heavy atom. The first-order valence-electron chi connectivity index (χ1n) is 8.78. The van der Waals surface area contributed by atoms with Crippen molar-refractivity contribution >= 4 is 5.91 Å². The molecule has 1 aromatic heterocycles. The molecule has 0 aliphatic heterocycles. The smallest absolute Gasteiger partial charge is 0.231 e. The lowest BCUT2D eigenvalue weighted by molar-refractivity contribution is -0.124. The molecule has 1 heterocycles. The predicted molar refractivity (Wildman–Crippen MR) is 92.3 cm³/mol. The number of benzene rings is 1. The van der Waals surface area contributed by atoms with Crippen LogP contribution in [-0.4, -0.2) is 15.9 Å². The van der Waals surface area contributed by atoms with E-state index in [1.165, 1.54) is 31.2 Å². The van der Waals surface area contributed by atoms with E-state index in [0.29, 0.717) is 6.54 Å².